The summed E-state index contributed by atoms with van der Waals surface area (Å²) in [7, 11) is 0. The molecule has 0 saturated heterocycles. The zero-order valence-corrected chi connectivity index (χ0v) is 17.9. The maximum absolute atomic E-state index is 6.91. The van der Waals surface area contributed by atoms with Crippen LogP contribution < -0.4 is 5.73 Å². The fourth-order valence-electron chi connectivity index (χ4n) is 4.30. The maximum atomic E-state index is 6.91. The van der Waals surface area contributed by atoms with Crippen molar-refractivity contribution in [3.63, 3.8) is 0 Å². The molecule has 1 nitrogen and oxygen atoms in total. The van der Waals surface area contributed by atoms with Crippen LogP contribution in [0.4, 0.5) is 0 Å². The molecule has 0 aromatic heterocycles. The highest BCUT2D eigenvalue weighted by Gasteiger charge is 2.34. The minimum absolute atomic E-state index is 0.340. The van der Waals surface area contributed by atoms with Crippen molar-refractivity contribution in [2.45, 2.75) is 117 Å². The molecule has 26 heavy (non-hydrogen) atoms. The van der Waals surface area contributed by atoms with Gasteiger partial charge in [-0.1, -0.05) is 109 Å². The van der Waals surface area contributed by atoms with E-state index in [1.807, 2.05) is 0 Å². The standard InChI is InChI=1S/C25H45N/c1-4-7-10-11-15-18-24(26)25(20-8-5-2,21-9-6-3)22-19-23-16-13-12-14-17-23/h12-14,16-17,24H,4-11,15,18-22,26H2,1-3H3. The molecule has 1 atom stereocenters. The summed E-state index contributed by atoms with van der Waals surface area (Å²) in [5.74, 6) is 0. The smallest absolute Gasteiger partial charge is 0.00956 e. The van der Waals surface area contributed by atoms with Gasteiger partial charge in [-0.3, -0.25) is 0 Å². The summed E-state index contributed by atoms with van der Waals surface area (Å²) < 4.78 is 0. The molecular weight excluding hydrogens is 314 g/mol. The van der Waals surface area contributed by atoms with Crippen LogP contribution in [0.5, 0.6) is 0 Å². The van der Waals surface area contributed by atoms with E-state index in [2.05, 4.69) is 51.1 Å². The van der Waals surface area contributed by atoms with Gasteiger partial charge in [0.05, 0.1) is 0 Å². The lowest BCUT2D eigenvalue weighted by molar-refractivity contribution is 0.149. The van der Waals surface area contributed by atoms with Crippen LogP contribution in [0.2, 0.25) is 0 Å². The first-order valence-corrected chi connectivity index (χ1v) is 11.5. The van der Waals surface area contributed by atoms with Crippen molar-refractivity contribution in [3.05, 3.63) is 35.9 Å². The Morgan fingerprint density at radius 1 is 0.731 bits per heavy atom. The zero-order chi connectivity index (χ0) is 19.1. The minimum atomic E-state index is 0.340. The second-order valence-corrected chi connectivity index (χ2v) is 8.36. The molecule has 0 saturated carbocycles. The van der Waals surface area contributed by atoms with Crippen molar-refractivity contribution in [2.24, 2.45) is 11.1 Å². The first-order valence-electron chi connectivity index (χ1n) is 11.5. The summed E-state index contributed by atoms with van der Waals surface area (Å²) in [6, 6.07) is 11.4. The van der Waals surface area contributed by atoms with E-state index in [1.54, 1.807) is 0 Å². The van der Waals surface area contributed by atoms with E-state index >= 15 is 0 Å². The molecular formula is C25H45N. The fraction of sp³-hybridized carbons (Fsp3) is 0.760. The molecule has 0 aliphatic carbocycles. The Bertz CT molecular complexity index is 417. The summed E-state index contributed by atoms with van der Waals surface area (Å²) in [5.41, 5.74) is 8.73. The second kappa shape index (κ2) is 14.3. The van der Waals surface area contributed by atoms with Crippen LogP contribution in [-0.2, 0) is 6.42 Å². The Morgan fingerprint density at radius 2 is 1.31 bits per heavy atom. The molecule has 1 heteroatoms. The SMILES string of the molecule is CCCCCCCC(N)C(CCCC)(CCCC)CCc1ccccc1. The van der Waals surface area contributed by atoms with E-state index < -0.39 is 0 Å². The molecule has 1 aromatic carbocycles. The molecule has 0 aliphatic rings. The van der Waals surface area contributed by atoms with Gasteiger partial charge >= 0.3 is 0 Å². The van der Waals surface area contributed by atoms with Gasteiger partial charge in [0.15, 0.2) is 0 Å². The molecule has 2 N–H and O–H groups in total. The van der Waals surface area contributed by atoms with Crippen LogP contribution >= 0.6 is 0 Å². The highest BCUT2D eigenvalue weighted by atomic mass is 14.7. The molecule has 0 fully saturated rings. The lowest BCUT2D eigenvalue weighted by Gasteiger charge is -2.40. The van der Waals surface area contributed by atoms with Crippen LogP contribution in [0.1, 0.15) is 110 Å². The van der Waals surface area contributed by atoms with Gasteiger partial charge in [0.2, 0.25) is 0 Å². The monoisotopic (exact) mass is 359 g/mol. The number of aryl methyl sites for hydroxylation is 1. The predicted molar refractivity (Wildman–Crippen MR) is 118 cm³/mol. The molecule has 0 heterocycles. The van der Waals surface area contributed by atoms with Gasteiger partial charge in [-0.05, 0) is 43.1 Å². The number of hydrogen-bond acceptors (Lipinski definition) is 1. The molecule has 1 aromatic rings. The Morgan fingerprint density at radius 3 is 1.88 bits per heavy atom. The number of benzene rings is 1. The van der Waals surface area contributed by atoms with E-state index in [-0.39, 0.29) is 0 Å². The summed E-state index contributed by atoms with van der Waals surface area (Å²) in [6.07, 6.45) is 18.2. The zero-order valence-electron chi connectivity index (χ0n) is 17.9. The van der Waals surface area contributed by atoms with Crippen molar-refractivity contribution in [1.82, 2.24) is 0 Å². The Hall–Kier alpha value is -0.820. The lowest BCUT2D eigenvalue weighted by Crippen LogP contribution is -2.42. The summed E-state index contributed by atoms with van der Waals surface area (Å²) in [4.78, 5) is 0. The summed E-state index contributed by atoms with van der Waals surface area (Å²) in [5, 5.41) is 0. The minimum Gasteiger partial charge on any atom is -0.327 e. The first kappa shape index (κ1) is 23.2. The van der Waals surface area contributed by atoms with E-state index in [0.717, 1.165) is 0 Å². The molecule has 150 valence electrons. The van der Waals surface area contributed by atoms with Crippen molar-refractivity contribution in [1.29, 1.82) is 0 Å². The van der Waals surface area contributed by atoms with Gasteiger partial charge in [-0.15, -0.1) is 0 Å². The van der Waals surface area contributed by atoms with Gasteiger partial charge in [0, 0.05) is 6.04 Å². The largest absolute Gasteiger partial charge is 0.327 e. The fourth-order valence-corrected chi connectivity index (χ4v) is 4.30. The Balaban J connectivity index is 2.74. The molecule has 0 amide bonds. The molecule has 0 bridgehead atoms. The van der Waals surface area contributed by atoms with Crippen molar-refractivity contribution >= 4 is 0 Å². The third kappa shape index (κ3) is 8.71. The Kier molecular flexibility index (Phi) is 12.7. The normalized spacial score (nSPS) is 13.1. The first-order chi connectivity index (χ1) is 12.7. The number of rotatable bonds is 16. The van der Waals surface area contributed by atoms with Gasteiger partial charge < -0.3 is 5.73 Å². The van der Waals surface area contributed by atoms with Crippen LogP contribution in [0, 0.1) is 5.41 Å². The average Bonchev–Trinajstić information content (AvgIpc) is 2.68. The molecule has 0 radical (unpaired) electrons. The maximum Gasteiger partial charge on any atom is 0.00956 e. The van der Waals surface area contributed by atoms with E-state index in [1.165, 1.54) is 95.5 Å². The van der Waals surface area contributed by atoms with Crippen molar-refractivity contribution in [2.75, 3.05) is 0 Å². The molecule has 0 spiro atoms. The summed E-state index contributed by atoms with van der Waals surface area (Å²) in [6.45, 7) is 6.92. The van der Waals surface area contributed by atoms with Gasteiger partial charge in [-0.2, -0.15) is 0 Å². The lowest BCUT2D eigenvalue weighted by atomic mass is 9.68. The number of hydrogen-bond donors (Lipinski definition) is 1. The van der Waals surface area contributed by atoms with E-state index in [0.29, 0.717) is 11.5 Å². The topological polar surface area (TPSA) is 26.0 Å². The van der Waals surface area contributed by atoms with Crippen molar-refractivity contribution in [3.8, 4) is 0 Å². The highest BCUT2D eigenvalue weighted by Crippen LogP contribution is 2.40. The van der Waals surface area contributed by atoms with Crippen LogP contribution in [0.3, 0.4) is 0 Å². The van der Waals surface area contributed by atoms with Gasteiger partial charge in [0.1, 0.15) is 0 Å². The molecule has 1 rings (SSSR count). The summed E-state index contributed by atoms with van der Waals surface area (Å²) >= 11 is 0. The highest BCUT2D eigenvalue weighted by molar-refractivity contribution is 5.15. The van der Waals surface area contributed by atoms with Crippen LogP contribution in [-0.4, -0.2) is 6.04 Å². The van der Waals surface area contributed by atoms with E-state index in [4.69, 9.17) is 5.73 Å². The van der Waals surface area contributed by atoms with Gasteiger partial charge in [-0.25, -0.2) is 0 Å². The molecule has 1 unspecified atom stereocenters. The van der Waals surface area contributed by atoms with Gasteiger partial charge in [0.25, 0.3) is 0 Å². The quantitative estimate of drug-likeness (QED) is 0.301. The van der Waals surface area contributed by atoms with Crippen LogP contribution in [0.15, 0.2) is 30.3 Å². The third-order valence-electron chi connectivity index (χ3n) is 6.22. The second-order valence-electron chi connectivity index (χ2n) is 8.36. The third-order valence-corrected chi connectivity index (χ3v) is 6.22. The van der Waals surface area contributed by atoms with Crippen molar-refractivity contribution < 1.29 is 0 Å². The van der Waals surface area contributed by atoms with Crippen LogP contribution in [0.25, 0.3) is 0 Å². The van der Waals surface area contributed by atoms with E-state index in [9.17, 15) is 0 Å². The Labute approximate surface area is 164 Å². The average molecular weight is 360 g/mol. The number of unbranched alkanes of at least 4 members (excludes halogenated alkanes) is 6. The predicted octanol–water partition coefficient (Wildman–Crippen LogP) is 7.67. The molecule has 0 aliphatic heterocycles. The number of nitrogens with two attached hydrogens (primary N) is 1.